The zero-order valence-electron chi connectivity index (χ0n) is 17.0. The van der Waals surface area contributed by atoms with Gasteiger partial charge in [0.25, 0.3) is 0 Å². The molecule has 0 aliphatic heterocycles. The summed E-state index contributed by atoms with van der Waals surface area (Å²) in [6.45, 7) is -2.86. The van der Waals surface area contributed by atoms with Gasteiger partial charge in [0.1, 0.15) is 12.3 Å². The van der Waals surface area contributed by atoms with Crippen LogP contribution < -0.4 is 5.32 Å². The predicted molar refractivity (Wildman–Crippen MR) is 109 cm³/mol. The number of carbonyl (C=O) groups excluding carboxylic acids is 1. The summed E-state index contributed by atoms with van der Waals surface area (Å²) in [7, 11) is -3.40. The first-order chi connectivity index (χ1) is 15.1. The molecule has 2 unspecified atom stereocenters. The third kappa shape index (κ3) is 4.82. The van der Waals surface area contributed by atoms with Crippen molar-refractivity contribution in [3.05, 3.63) is 42.1 Å². The van der Waals surface area contributed by atoms with E-state index in [9.17, 15) is 30.8 Å². The number of hydrogen-bond donors (Lipinski definition) is 1. The molecule has 2 aliphatic carbocycles. The van der Waals surface area contributed by atoms with E-state index in [4.69, 9.17) is 0 Å². The first-order valence-corrected chi connectivity index (χ1v) is 12.0. The largest absolute Gasteiger partial charge is 0.333 e. The van der Waals surface area contributed by atoms with Crippen LogP contribution in [-0.2, 0) is 14.6 Å². The smallest absolute Gasteiger partial charge is 0.309 e. The number of amides is 1. The van der Waals surface area contributed by atoms with Crippen LogP contribution >= 0.6 is 0 Å². The van der Waals surface area contributed by atoms with Crippen molar-refractivity contribution in [1.29, 1.82) is 0 Å². The number of nitrogens with zero attached hydrogens (tertiary/aromatic N) is 2. The zero-order chi connectivity index (χ0) is 23.0. The lowest BCUT2D eigenvalue weighted by Gasteiger charge is -2.20. The number of alkyl halides is 4. The number of hydrogen-bond acceptors (Lipinski definition) is 4. The minimum Gasteiger partial charge on any atom is -0.309 e. The van der Waals surface area contributed by atoms with Crippen molar-refractivity contribution in [3.8, 4) is 0 Å². The van der Waals surface area contributed by atoms with Crippen LogP contribution in [0.1, 0.15) is 50.1 Å². The highest BCUT2D eigenvalue weighted by atomic mass is 32.2. The Kier molecular flexibility index (Phi) is 6.28. The Morgan fingerprint density at radius 2 is 1.72 bits per heavy atom. The highest BCUT2D eigenvalue weighted by Crippen LogP contribution is 2.39. The lowest BCUT2D eigenvalue weighted by atomic mass is 9.87. The molecule has 0 radical (unpaired) electrons. The number of anilines is 1. The number of halogens is 4. The molecule has 0 spiro atoms. The highest BCUT2D eigenvalue weighted by molar-refractivity contribution is 7.92. The zero-order valence-corrected chi connectivity index (χ0v) is 17.8. The average molecular weight is 473 g/mol. The normalized spacial score (nSPS) is 24.6. The fourth-order valence-corrected chi connectivity index (χ4v) is 5.79. The van der Waals surface area contributed by atoms with Gasteiger partial charge in [-0.2, -0.15) is 13.9 Å². The number of nitrogens with one attached hydrogen (secondary N) is 1. The maximum atomic E-state index is 13.7. The van der Waals surface area contributed by atoms with Crippen LogP contribution in [0.5, 0.6) is 0 Å². The van der Waals surface area contributed by atoms with E-state index in [-0.39, 0.29) is 41.1 Å². The van der Waals surface area contributed by atoms with Crippen molar-refractivity contribution in [2.24, 2.45) is 5.92 Å². The Morgan fingerprint density at radius 1 is 1.09 bits per heavy atom. The predicted octanol–water partition coefficient (Wildman–Crippen LogP) is 4.41. The fourth-order valence-electron chi connectivity index (χ4n) is 4.14. The van der Waals surface area contributed by atoms with Crippen molar-refractivity contribution in [2.45, 2.75) is 67.1 Å². The molecule has 2 aliphatic rings. The molecule has 1 N–H and O–H groups in total. The van der Waals surface area contributed by atoms with E-state index in [0.717, 1.165) is 6.20 Å². The molecular formula is C21H23F4N3O3S. The van der Waals surface area contributed by atoms with E-state index >= 15 is 0 Å². The summed E-state index contributed by atoms with van der Waals surface area (Å²) in [6.07, 6.45) is -0.804. The van der Waals surface area contributed by atoms with Gasteiger partial charge < -0.3 is 5.32 Å². The van der Waals surface area contributed by atoms with Crippen LogP contribution in [0.4, 0.5) is 23.4 Å². The fraction of sp³-hybridized carbons (Fsp3) is 0.524. The minimum absolute atomic E-state index is 0.0148. The van der Waals surface area contributed by atoms with Crippen LogP contribution in [-0.4, -0.2) is 41.7 Å². The number of sulfone groups is 1. The maximum Gasteiger partial charge on any atom is 0.333 e. The Bertz CT molecular complexity index is 1060. The van der Waals surface area contributed by atoms with Gasteiger partial charge in [0.2, 0.25) is 5.91 Å². The van der Waals surface area contributed by atoms with Gasteiger partial charge in [0, 0.05) is 12.3 Å². The van der Waals surface area contributed by atoms with Gasteiger partial charge in [-0.1, -0.05) is 12.1 Å². The SMILES string of the molecule is O=C(Nc1ccn(C(F)F)n1)C(CC1C[C@@H](F)[C@@H](F)C1)c1ccc(S(=O)(=O)C2CC2)cc1. The van der Waals surface area contributed by atoms with Gasteiger partial charge in [-0.15, -0.1) is 0 Å². The Morgan fingerprint density at radius 3 is 2.25 bits per heavy atom. The lowest BCUT2D eigenvalue weighted by molar-refractivity contribution is -0.118. The molecule has 32 heavy (non-hydrogen) atoms. The third-order valence-electron chi connectivity index (χ3n) is 6.03. The van der Waals surface area contributed by atoms with Gasteiger partial charge >= 0.3 is 6.55 Å². The third-order valence-corrected chi connectivity index (χ3v) is 8.31. The summed E-state index contributed by atoms with van der Waals surface area (Å²) in [5.41, 5.74) is 0.475. The quantitative estimate of drug-likeness (QED) is 0.576. The van der Waals surface area contributed by atoms with Crippen molar-refractivity contribution in [3.63, 3.8) is 0 Å². The molecular weight excluding hydrogens is 450 g/mol. The number of rotatable bonds is 8. The molecule has 2 fully saturated rings. The molecule has 1 aromatic carbocycles. The van der Waals surface area contributed by atoms with Gasteiger partial charge in [0.05, 0.1) is 16.1 Å². The van der Waals surface area contributed by atoms with Crippen molar-refractivity contribution in [2.75, 3.05) is 5.32 Å². The molecule has 2 saturated carbocycles. The molecule has 6 nitrogen and oxygen atoms in total. The molecule has 2 aromatic rings. The van der Waals surface area contributed by atoms with E-state index < -0.39 is 40.6 Å². The van der Waals surface area contributed by atoms with E-state index in [1.807, 2.05) is 0 Å². The van der Waals surface area contributed by atoms with Crippen LogP contribution in [0.15, 0.2) is 41.4 Å². The number of benzene rings is 1. The summed E-state index contributed by atoms with van der Waals surface area (Å²) in [6, 6.07) is 7.12. The van der Waals surface area contributed by atoms with Gasteiger partial charge in [-0.05, 0) is 55.7 Å². The Balaban J connectivity index is 1.56. The van der Waals surface area contributed by atoms with Gasteiger partial charge in [-0.3, -0.25) is 4.79 Å². The summed E-state index contributed by atoms with van der Waals surface area (Å²) >= 11 is 0. The molecule has 4 atom stereocenters. The average Bonchev–Trinajstić information content (AvgIpc) is 3.43. The molecule has 4 rings (SSSR count). The molecule has 1 aromatic heterocycles. The minimum atomic E-state index is -3.40. The number of carbonyl (C=O) groups is 1. The topological polar surface area (TPSA) is 81.1 Å². The second-order valence-electron chi connectivity index (χ2n) is 8.42. The molecule has 1 amide bonds. The van der Waals surface area contributed by atoms with E-state index in [0.29, 0.717) is 23.1 Å². The summed E-state index contributed by atoms with van der Waals surface area (Å²) in [4.78, 5) is 13.1. The van der Waals surface area contributed by atoms with Gasteiger partial charge in [0.15, 0.2) is 15.7 Å². The first kappa shape index (κ1) is 22.8. The highest BCUT2D eigenvalue weighted by Gasteiger charge is 2.38. The van der Waals surface area contributed by atoms with Gasteiger partial charge in [-0.25, -0.2) is 21.9 Å². The maximum absolute atomic E-state index is 13.7. The monoisotopic (exact) mass is 473 g/mol. The van der Waals surface area contributed by atoms with Crippen molar-refractivity contribution >= 4 is 21.6 Å². The lowest BCUT2D eigenvalue weighted by Crippen LogP contribution is -2.24. The van der Waals surface area contributed by atoms with E-state index in [2.05, 4.69) is 10.4 Å². The van der Waals surface area contributed by atoms with Crippen molar-refractivity contribution < 1.29 is 30.8 Å². The van der Waals surface area contributed by atoms with E-state index in [1.165, 1.54) is 30.3 Å². The van der Waals surface area contributed by atoms with Crippen LogP contribution in [0, 0.1) is 5.92 Å². The van der Waals surface area contributed by atoms with Crippen LogP contribution in [0.3, 0.4) is 0 Å². The Hall–Kier alpha value is -2.43. The summed E-state index contributed by atoms with van der Waals surface area (Å²) in [5, 5.41) is 5.69. The molecule has 1 heterocycles. The molecule has 174 valence electrons. The Labute approximate surface area is 182 Å². The molecule has 0 bridgehead atoms. The van der Waals surface area contributed by atoms with Crippen molar-refractivity contribution in [1.82, 2.24) is 9.78 Å². The molecule has 0 saturated heterocycles. The molecule has 11 heteroatoms. The van der Waals surface area contributed by atoms with E-state index in [1.54, 1.807) is 0 Å². The van der Waals surface area contributed by atoms with Crippen LogP contribution in [0.25, 0.3) is 0 Å². The summed E-state index contributed by atoms with van der Waals surface area (Å²) < 4.78 is 78.1. The number of aromatic nitrogens is 2. The first-order valence-electron chi connectivity index (χ1n) is 10.4. The van der Waals surface area contributed by atoms with Crippen LogP contribution in [0.2, 0.25) is 0 Å². The second-order valence-corrected chi connectivity index (χ2v) is 10.6. The standard InChI is InChI=1S/C21H23F4N3O3S/c22-17-10-12(11-18(17)23)9-16(20(29)26-19-7-8-28(27-19)21(24)25)13-1-3-14(4-2-13)32(30,31)15-5-6-15/h1-4,7-8,12,15-18,21H,5-6,9-11H2,(H,26,27,29)/t12?,16?,17-,18+. The summed E-state index contributed by atoms with van der Waals surface area (Å²) in [5.74, 6) is -1.89. The second kappa shape index (κ2) is 8.84.